The third kappa shape index (κ3) is 4.26. The summed E-state index contributed by atoms with van der Waals surface area (Å²) in [6.45, 7) is 4.81. The zero-order valence-electron chi connectivity index (χ0n) is 20.1. The minimum absolute atomic E-state index is 0.240. The van der Waals surface area contributed by atoms with Crippen LogP contribution in [0.3, 0.4) is 0 Å². The van der Waals surface area contributed by atoms with Gasteiger partial charge in [0.05, 0.1) is 35.5 Å². The number of anilines is 3. The molecule has 1 aliphatic carbocycles. The van der Waals surface area contributed by atoms with Crippen LogP contribution in [0.4, 0.5) is 17.5 Å². The fourth-order valence-corrected chi connectivity index (χ4v) is 4.87. The van der Waals surface area contributed by atoms with Gasteiger partial charge in [0.25, 0.3) is 0 Å². The molecule has 0 atom stereocenters. The van der Waals surface area contributed by atoms with Crippen molar-refractivity contribution in [1.29, 1.82) is 0 Å². The molecule has 0 radical (unpaired) electrons. The lowest BCUT2D eigenvalue weighted by Gasteiger charge is -2.28. The first-order chi connectivity index (χ1) is 17.5. The summed E-state index contributed by atoms with van der Waals surface area (Å²) in [6.07, 6.45) is 3.65. The summed E-state index contributed by atoms with van der Waals surface area (Å²) >= 11 is 0. The van der Waals surface area contributed by atoms with Gasteiger partial charge in [0, 0.05) is 36.4 Å². The number of carboxylic acid groups (broad SMARTS) is 1. The topological polar surface area (TPSA) is 105 Å². The quantitative estimate of drug-likeness (QED) is 0.402. The Bertz CT molecular complexity index is 1420. The van der Waals surface area contributed by atoms with Gasteiger partial charge in [-0.05, 0) is 62.6 Å². The Hall–Kier alpha value is -3.98. The molecule has 0 unspecified atom stereocenters. The van der Waals surface area contributed by atoms with Crippen LogP contribution in [0, 0.1) is 6.92 Å². The van der Waals surface area contributed by atoms with Crippen LogP contribution >= 0.6 is 0 Å². The van der Waals surface area contributed by atoms with Gasteiger partial charge < -0.3 is 24.6 Å². The van der Waals surface area contributed by atoms with Gasteiger partial charge in [-0.25, -0.2) is 14.8 Å². The lowest BCUT2D eigenvalue weighted by Crippen LogP contribution is -2.37. The summed E-state index contributed by atoms with van der Waals surface area (Å²) < 4.78 is 7.89. The number of ether oxygens (including phenoxy) is 1. The number of hydrogen-bond donors (Lipinski definition) is 2. The molecule has 2 N–H and O–H groups in total. The number of nitrogens with zero attached hydrogens (tertiary/aromatic N) is 5. The van der Waals surface area contributed by atoms with E-state index in [0.717, 1.165) is 46.9 Å². The van der Waals surface area contributed by atoms with Crippen molar-refractivity contribution in [3.05, 3.63) is 59.9 Å². The van der Waals surface area contributed by atoms with Crippen LogP contribution in [0.15, 0.2) is 48.5 Å². The summed E-state index contributed by atoms with van der Waals surface area (Å²) in [5.41, 5.74) is 4.96. The van der Waals surface area contributed by atoms with E-state index < -0.39 is 5.97 Å². The molecule has 9 heteroatoms. The first-order valence-electron chi connectivity index (χ1n) is 12.4. The molecule has 184 valence electrons. The summed E-state index contributed by atoms with van der Waals surface area (Å²) in [7, 11) is 0. The van der Waals surface area contributed by atoms with Gasteiger partial charge >= 0.3 is 5.97 Å². The Morgan fingerprint density at radius 2 is 1.81 bits per heavy atom. The minimum Gasteiger partial charge on any atom is -0.478 e. The number of morpholine rings is 1. The first kappa shape index (κ1) is 22.5. The van der Waals surface area contributed by atoms with E-state index in [4.69, 9.17) is 19.7 Å². The van der Waals surface area contributed by atoms with Crippen molar-refractivity contribution in [1.82, 2.24) is 19.5 Å². The third-order valence-corrected chi connectivity index (χ3v) is 7.01. The highest BCUT2D eigenvalue weighted by Gasteiger charge is 2.24. The van der Waals surface area contributed by atoms with Crippen molar-refractivity contribution in [2.45, 2.75) is 32.2 Å². The highest BCUT2D eigenvalue weighted by molar-refractivity contribution is 5.88. The maximum atomic E-state index is 11.2. The first-order valence-corrected chi connectivity index (χ1v) is 12.4. The van der Waals surface area contributed by atoms with Gasteiger partial charge in [-0.15, -0.1) is 0 Å². The predicted octanol–water partition coefficient (Wildman–Crippen LogP) is 4.81. The van der Waals surface area contributed by atoms with Crippen LogP contribution in [0.5, 0.6) is 0 Å². The second-order valence-electron chi connectivity index (χ2n) is 9.36. The van der Waals surface area contributed by atoms with Crippen molar-refractivity contribution in [3.63, 3.8) is 0 Å². The number of carbonyl (C=O) groups is 1. The number of benzene rings is 2. The molecular formula is C27H28N6O3. The molecule has 2 aliphatic rings. The van der Waals surface area contributed by atoms with E-state index in [1.807, 2.05) is 6.07 Å². The van der Waals surface area contributed by atoms with Crippen LogP contribution in [-0.4, -0.2) is 56.9 Å². The Morgan fingerprint density at radius 1 is 1.03 bits per heavy atom. The highest BCUT2D eigenvalue weighted by Crippen LogP contribution is 2.36. The summed E-state index contributed by atoms with van der Waals surface area (Å²) in [5.74, 6) is 1.39. The van der Waals surface area contributed by atoms with Crippen LogP contribution in [0.25, 0.3) is 22.3 Å². The fraction of sp³-hybridized carbons (Fsp3) is 0.333. The van der Waals surface area contributed by atoms with Crippen molar-refractivity contribution >= 4 is 34.5 Å². The minimum atomic E-state index is -0.952. The largest absolute Gasteiger partial charge is 0.478 e. The van der Waals surface area contributed by atoms with Crippen LogP contribution in [-0.2, 0) is 4.74 Å². The SMILES string of the molecule is Cc1nc2ccc(-c3cc(Nc4ccc(C(=O)O)cc4)nc(N4CCOCC4)n3)cc2n1C1CCC1. The Balaban J connectivity index is 1.40. The lowest BCUT2D eigenvalue weighted by molar-refractivity contribution is 0.0697. The number of aromatic carboxylic acids is 1. The monoisotopic (exact) mass is 484 g/mol. The molecule has 0 amide bonds. The van der Waals surface area contributed by atoms with Gasteiger partial charge in [-0.3, -0.25) is 0 Å². The molecule has 6 rings (SSSR count). The maximum absolute atomic E-state index is 11.2. The number of aryl methyl sites for hydroxylation is 1. The molecule has 2 aromatic heterocycles. The van der Waals surface area contributed by atoms with Crippen LogP contribution in [0.2, 0.25) is 0 Å². The summed E-state index contributed by atoms with van der Waals surface area (Å²) in [5, 5.41) is 12.5. The zero-order chi connectivity index (χ0) is 24.6. The average Bonchev–Trinajstić information content (AvgIpc) is 3.18. The summed E-state index contributed by atoms with van der Waals surface area (Å²) in [4.78, 5) is 27.9. The van der Waals surface area contributed by atoms with Gasteiger partial charge in [0.15, 0.2) is 0 Å². The lowest BCUT2D eigenvalue weighted by atomic mass is 9.92. The molecule has 36 heavy (non-hydrogen) atoms. The van der Waals surface area contributed by atoms with Crippen molar-refractivity contribution < 1.29 is 14.6 Å². The molecule has 2 fully saturated rings. The van der Waals surface area contributed by atoms with E-state index in [1.165, 1.54) is 19.3 Å². The Morgan fingerprint density at radius 3 is 2.50 bits per heavy atom. The molecule has 3 heterocycles. The van der Waals surface area contributed by atoms with Gasteiger partial charge in [0.2, 0.25) is 5.95 Å². The van der Waals surface area contributed by atoms with E-state index in [1.54, 1.807) is 24.3 Å². The van der Waals surface area contributed by atoms with E-state index in [2.05, 4.69) is 39.9 Å². The number of aromatic nitrogens is 4. The van der Waals surface area contributed by atoms with Gasteiger partial charge in [-0.1, -0.05) is 6.07 Å². The standard InChI is InChI=1S/C27H28N6O3/c1-17-28-22-10-7-19(15-24(22)33(17)21-3-2-4-21)23-16-25(29-20-8-5-18(6-9-20)26(34)35)31-27(30-23)32-11-13-36-14-12-32/h5-10,15-16,21H,2-4,11-14H2,1H3,(H,34,35)(H,29,30,31). The molecule has 9 nitrogen and oxygen atoms in total. The van der Waals surface area contributed by atoms with Crippen LogP contribution < -0.4 is 10.2 Å². The molecule has 2 aromatic carbocycles. The number of hydrogen-bond acceptors (Lipinski definition) is 7. The zero-order valence-corrected chi connectivity index (χ0v) is 20.1. The maximum Gasteiger partial charge on any atom is 0.335 e. The van der Waals surface area contributed by atoms with E-state index >= 15 is 0 Å². The van der Waals surface area contributed by atoms with Crippen LogP contribution in [0.1, 0.15) is 41.5 Å². The predicted molar refractivity (Wildman–Crippen MR) is 138 cm³/mol. The second kappa shape index (κ2) is 9.23. The Labute approximate surface area is 208 Å². The normalized spacial score (nSPS) is 16.2. The second-order valence-corrected chi connectivity index (χ2v) is 9.36. The highest BCUT2D eigenvalue weighted by atomic mass is 16.5. The number of nitrogens with one attached hydrogen (secondary N) is 1. The third-order valence-electron chi connectivity index (χ3n) is 7.01. The number of imidazole rings is 1. The van der Waals surface area contributed by atoms with E-state index in [9.17, 15) is 9.90 Å². The fourth-order valence-electron chi connectivity index (χ4n) is 4.87. The molecule has 0 bridgehead atoms. The van der Waals surface area contributed by atoms with Gasteiger partial charge in [-0.2, -0.15) is 4.98 Å². The van der Waals surface area contributed by atoms with E-state index in [0.29, 0.717) is 31.0 Å². The van der Waals surface area contributed by atoms with E-state index in [-0.39, 0.29) is 5.56 Å². The Kier molecular flexibility index (Phi) is 5.77. The molecule has 0 spiro atoms. The smallest absolute Gasteiger partial charge is 0.335 e. The molecule has 1 saturated carbocycles. The van der Waals surface area contributed by atoms with Crippen molar-refractivity contribution in [2.24, 2.45) is 0 Å². The summed E-state index contributed by atoms with van der Waals surface area (Å²) in [6, 6.07) is 15.4. The number of fused-ring (bicyclic) bond motifs is 1. The van der Waals surface area contributed by atoms with Crippen molar-refractivity contribution in [2.75, 3.05) is 36.5 Å². The number of carboxylic acids is 1. The van der Waals surface area contributed by atoms with Gasteiger partial charge in [0.1, 0.15) is 11.6 Å². The van der Waals surface area contributed by atoms with Crippen molar-refractivity contribution in [3.8, 4) is 11.3 Å². The molecule has 1 aliphatic heterocycles. The number of rotatable bonds is 6. The average molecular weight is 485 g/mol. The molecular weight excluding hydrogens is 456 g/mol. The molecule has 4 aromatic rings. The molecule has 1 saturated heterocycles.